The number of halogens is 1. The van der Waals surface area contributed by atoms with E-state index in [1.807, 2.05) is 0 Å². The third-order valence-corrected chi connectivity index (χ3v) is 4.10. The molecular formula is C10H17BrO2. The Kier molecular flexibility index (Phi) is 3.77. The molecule has 0 amide bonds. The van der Waals surface area contributed by atoms with Crippen LogP contribution in [0.2, 0.25) is 0 Å². The van der Waals surface area contributed by atoms with Crippen LogP contribution in [-0.2, 0) is 4.79 Å². The van der Waals surface area contributed by atoms with Crippen molar-refractivity contribution >= 4 is 21.9 Å². The normalized spacial score (nSPS) is 31.7. The number of hydrogen-bond acceptors (Lipinski definition) is 1. The molecule has 0 bridgehead atoms. The van der Waals surface area contributed by atoms with Gasteiger partial charge in [0.25, 0.3) is 0 Å². The first-order valence-electron chi connectivity index (χ1n) is 5.03. The Labute approximate surface area is 87.8 Å². The molecule has 0 aromatic heterocycles. The maximum absolute atomic E-state index is 10.7. The lowest BCUT2D eigenvalue weighted by Crippen LogP contribution is -2.16. The molecule has 1 unspecified atom stereocenters. The van der Waals surface area contributed by atoms with Crippen LogP contribution in [-0.4, -0.2) is 15.4 Å². The van der Waals surface area contributed by atoms with Crippen molar-refractivity contribution in [3.8, 4) is 0 Å². The number of carbonyl (C=O) groups is 1. The maximum Gasteiger partial charge on any atom is 0.320 e. The summed E-state index contributed by atoms with van der Waals surface area (Å²) < 4.78 is -0.556. The summed E-state index contributed by atoms with van der Waals surface area (Å²) in [5.74, 6) is -0.310. The number of alkyl halides is 1. The van der Waals surface area contributed by atoms with E-state index < -0.39 is 10.3 Å². The van der Waals surface area contributed by atoms with Crippen molar-refractivity contribution in [1.29, 1.82) is 0 Å². The van der Waals surface area contributed by atoms with Crippen LogP contribution in [0.5, 0.6) is 0 Å². The van der Waals surface area contributed by atoms with E-state index in [9.17, 15) is 4.79 Å². The highest BCUT2D eigenvalue weighted by atomic mass is 79.9. The van der Waals surface area contributed by atoms with E-state index in [0.717, 1.165) is 12.8 Å². The quantitative estimate of drug-likeness (QED) is 0.579. The molecule has 1 aliphatic rings. The van der Waals surface area contributed by atoms with Crippen molar-refractivity contribution in [2.24, 2.45) is 5.92 Å². The zero-order valence-electron chi connectivity index (χ0n) is 8.05. The highest BCUT2D eigenvalue weighted by molar-refractivity contribution is 9.10. The van der Waals surface area contributed by atoms with Gasteiger partial charge in [-0.25, -0.2) is 0 Å². The van der Waals surface area contributed by atoms with Crippen molar-refractivity contribution in [2.75, 3.05) is 0 Å². The molecule has 1 aliphatic carbocycles. The number of carboxylic acid groups (broad SMARTS) is 1. The van der Waals surface area contributed by atoms with Crippen molar-refractivity contribution in [3.05, 3.63) is 0 Å². The Morgan fingerprint density at radius 1 is 1.54 bits per heavy atom. The minimum Gasteiger partial charge on any atom is -0.480 e. The molecule has 2 nitrogen and oxygen atoms in total. The summed E-state index contributed by atoms with van der Waals surface area (Å²) in [4.78, 5) is 10.7. The largest absolute Gasteiger partial charge is 0.480 e. The zero-order chi connectivity index (χ0) is 9.90. The van der Waals surface area contributed by atoms with Gasteiger partial charge in [0.15, 0.2) is 0 Å². The second kappa shape index (κ2) is 4.45. The average molecular weight is 249 g/mol. The Hall–Kier alpha value is -0.0500. The van der Waals surface area contributed by atoms with E-state index in [-0.39, 0.29) is 0 Å². The van der Waals surface area contributed by atoms with Gasteiger partial charge in [-0.2, -0.15) is 0 Å². The molecule has 1 saturated carbocycles. The fourth-order valence-electron chi connectivity index (χ4n) is 1.71. The number of unbranched alkanes of at least 4 members (excludes halogenated alkanes) is 3. The second-order valence-electron chi connectivity index (χ2n) is 3.92. The summed E-state index contributed by atoms with van der Waals surface area (Å²) in [5.41, 5.74) is 0. The fraction of sp³-hybridized carbons (Fsp3) is 0.900. The SMILES string of the molecule is CCCCCC[C@@H]1CC1(Br)C(=O)O. The first kappa shape index (κ1) is 11.0. The lowest BCUT2D eigenvalue weighted by atomic mass is 10.1. The van der Waals surface area contributed by atoms with Gasteiger partial charge < -0.3 is 5.11 Å². The molecule has 13 heavy (non-hydrogen) atoms. The first-order chi connectivity index (χ1) is 6.11. The van der Waals surface area contributed by atoms with Crippen molar-refractivity contribution in [1.82, 2.24) is 0 Å². The molecule has 0 radical (unpaired) electrons. The van der Waals surface area contributed by atoms with Gasteiger partial charge in [0.2, 0.25) is 0 Å². The summed E-state index contributed by atoms with van der Waals surface area (Å²) in [5, 5.41) is 8.84. The summed E-state index contributed by atoms with van der Waals surface area (Å²) in [6.45, 7) is 2.18. The molecule has 0 aromatic rings. The van der Waals surface area contributed by atoms with Crippen molar-refractivity contribution < 1.29 is 9.90 Å². The predicted molar refractivity (Wildman–Crippen MR) is 56.2 cm³/mol. The predicted octanol–water partition coefficient (Wildman–Crippen LogP) is 3.20. The Balaban J connectivity index is 2.10. The van der Waals surface area contributed by atoms with Crippen LogP contribution >= 0.6 is 15.9 Å². The first-order valence-corrected chi connectivity index (χ1v) is 5.83. The van der Waals surface area contributed by atoms with Crippen LogP contribution in [0.3, 0.4) is 0 Å². The molecule has 0 aliphatic heterocycles. The molecule has 76 valence electrons. The maximum atomic E-state index is 10.7. The van der Waals surface area contributed by atoms with Gasteiger partial charge in [-0.15, -0.1) is 0 Å². The summed E-state index contributed by atoms with van der Waals surface area (Å²) in [6.07, 6.45) is 6.82. The van der Waals surface area contributed by atoms with Crippen LogP contribution in [0.1, 0.15) is 45.4 Å². The van der Waals surface area contributed by atoms with Gasteiger partial charge in [0.1, 0.15) is 4.32 Å². The minimum atomic E-state index is -0.687. The summed E-state index contributed by atoms with van der Waals surface area (Å²) in [7, 11) is 0. The molecule has 1 fully saturated rings. The third-order valence-electron chi connectivity index (χ3n) is 2.79. The molecule has 0 aromatic carbocycles. The number of carboxylic acids is 1. The number of aliphatic carboxylic acids is 1. The second-order valence-corrected chi connectivity index (χ2v) is 5.33. The van der Waals surface area contributed by atoms with Crippen molar-refractivity contribution in [3.63, 3.8) is 0 Å². The third kappa shape index (κ3) is 2.70. The van der Waals surface area contributed by atoms with Crippen LogP contribution in [0.15, 0.2) is 0 Å². The van der Waals surface area contributed by atoms with Gasteiger partial charge in [-0.3, -0.25) is 4.79 Å². The topological polar surface area (TPSA) is 37.3 Å². The van der Waals surface area contributed by atoms with Crippen LogP contribution in [0.4, 0.5) is 0 Å². The lowest BCUT2D eigenvalue weighted by Gasteiger charge is -2.02. The summed E-state index contributed by atoms with van der Waals surface area (Å²) >= 11 is 3.29. The van der Waals surface area contributed by atoms with Gasteiger partial charge in [-0.05, 0) is 18.8 Å². The van der Waals surface area contributed by atoms with E-state index in [1.54, 1.807) is 0 Å². The van der Waals surface area contributed by atoms with Gasteiger partial charge in [0, 0.05) is 0 Å². The van der Waals surface area contributed by atoms with Gasteiger partial charge in [-0.1, -0.05) is 48.5 Å². The zero-order valence-corrected chi connectivity index (χ0v) is 9.64. The lowest BCUT2D eigenvalue weighted by molar-refractivity contribution is -0.137. The van der Waals surface area contributed by atoms with E-state index in [0.29, 0.717) is 5.92 Å². The van der Waals surface area contributed by atoms with E-state index in [4.69, 9.17) is 5.11 Å². The van der Waals surface area contributed by atoms with Crippen LogP contribution in [0.25, 0.3) is 0 Å². The van der Waals surface area contributed by atoms with E-state index >= 15 is 0 Å². The Morgan fingerprint density at radius 2 is 2.23 bits per heavy atom. The minimum absolute atomic E-state index is 0.377. The van der Waals surface area contributed by atoms with E-state index in [1.165, 1.54) is 25.7 Å². The van der Waals surface area contributed by atoms with Gasteiger partial charge in [0.05, 0.1) is 0 Å². The summed E-state index contributed by atoms with van der Waals surface area (Å²) in [6, 6.07) is 0. The van der Waals surface area contributed by atoms with Crippen LogP contribution < -0.4 is 0 Å². The van der Waals surface area contributed by atoms with Crippen LogP contribution in [0, 0.1) is 5.92 Å². The highest BCUT2D eigenvalue weighted by Gasteiger charge is 2.57. The average Bonchev–Trinajstić information content (AvgIpc) is 2.73. The molecule has 0 heterocycles. The van der Waals surface area contributed by atoms with Crippen molar-refractivity contribution in [2.45, 2.75) is 49.8 Å². The highest BCUT2D eigenvalue weighted by Crippen LogP contribution is 2.53. The molecule has 1 N–H and O–H groups in total. The molecule has 0 spiro atoms. The van der Waals surface area contributed by atoms with E-state index in [2.05, 4.69) is 22.9 Å². The van der Waals surface area contributed by atoms with Gasteiger partial charge >= 0.3 is 5.97 Å². The fourth-order valence-corrected chi connectivity index (χ4v) is 2.33. The smallest absolute Gasteiger partial charge is 0.320 e. The number of hydrogen-bond donors (Lipinski definition) is 1. The monoisotopic (exact) mass is 248 g/mol. The number of rotatable bonds is 6. The molecular weight excluding hydrogens is 232 g/mol. The Morgan fingerprint density at radius 3 is 2.69 bits per heavy atom. The molecule has 2 atom stereocenters. The molecule has 0 saturated heterocycles. The molecule has 3 heteroatoms. The molecule has 1 rings (SSSR count). The standard InChI is InChI=1S/C10H17BrO2/c1-2-3-4-5-6-8-7-10(8,11)9(12)13/h8H,2-7H2,1H3,(H,12,13)/t8-,10?/m1/s1. The Bertz CT molecular complexity index is 193.